The molecule has 4 aromatic rings. The highest BCUT2D eigenvalue weighted by Crippen LogP contribution is 2.32. The molecule has 1 N–H and O–H groups in total. The molecule has 0 saturated carbocycles. The quantitative estimate of drug-likeness (QED) is 0.430. The first-order chi connectivity index (χ1) is 17.5. The molecule has 0 radical (unpaired) electrons. The number of aliphatic imine (C=N–C) groups is 1. The number of nitrogens with zero attached hydrogens (tertiary/aromatic N) is 4. The van der Waals surface area contributed by atoms with Gasteiger partial charge >= 0.3 is 0 Å². The van der Waals surface area contributed by atoms with Crippen molar-refractivity contribution >= 4 is 36.6 Å². The Balaban J connectivity index is 0.000000861. The summed E-state index contributed by atoms with van der Waals surface area (Å²) >= 11 is 0. The fraction of sp³-hybridized carbons (Fsp3) is 0.115. The SMILES string of the molecule is C=O.C=O.Cc1ncc(F)cc1CNc1ccc(F)c(-c2ccc3c(C4=CC=NC4)ncn3c2)c1F. The van der Waals surface area contributed by atoms with Gasteiger partial charge in [-0.1, -0.05) is 6.07 Å². The number of rotatable bonds is 5. The van der Waals surface area contributed by atoms with Crippen LogP contribution >= 0.6 is 0 Å². The Morgan fingerprint density at radius 1 is 1.06 bits per heavy atom. The molecule has 0 amide bonds. The van der Waals surface area contributed by atoms with Gasteiger partial charge in [0.15, 0.2) is 5.82 Å². The van der Waals surface area contributed by atoms with Gasteiger partial charge in [-0.05, 0) is 42.8 Å². The van der Waals surface area contributed by atoms with Crippen LogP contribution in [0.2, 0.25) is 0 Å². The highest BCUT2D eigenvalue weighted by molar-refractivity contribution is 5.92. The zero-order valence-corrected chi connectivity index (χ0v) is 19.3. The predicted molar refractivity (Wildman–Crippen MR) is 132 cm³/mol. The van der Waals surface area contributed by atoms with Crippen molar-refractivity contribution in [2.45, 2.75) is 13.5 Å². The lowest BCUT2D eigenvalue weighted by molar-refractivity contribution is -0.0987. The molecule has 1 aliphatic rings. The van der Waals surface area contributed by atoms with Gasteiger partial charge in [0, 0.05) is 35.8 Å². The number of allylic oxidation sites excluding steroid dienone is 1. The van der Waals surface area contributed by atoms with Crippen LogP contribution in [0, 0.1) is 24.4 Å². The van der Waals surface area contributed by atoms with Crippen LogP contribution in [-0.4, -0.2) is 40.7 Å². The lowest BCUT2D eigenvalue weighted by atomic mass is 10.0. The topological polar surface area (TPSA) is 88.7 Å². The molecule has 184 valence electrons. The molecule has 7 nitrogen and oxygen atoms in total. The minimum Gasteiger partial charge on any atom is -0.379 e. The number of pyridine rings is 2. The minimum absolute atomic E-state index is 0.115. The lowest BCUT2D eigenvalue weighted by Gasteiger charge is -2.13. The fourth-order valence-electron chi connectivity index (χ4n) is 3.77. The van der Waals surface area contributed by atoms with E-state index in [-0.39, 0.29) is 17.8 Å². The molecule has 5 rings (SSSR count). The molecule has 1 aromatic carbocycles. The van der Waals surface area contributed by atoms with Crippen molar-refractivity contribution in [3.05, 3.63) is 89.5 Å². The van der Waals surface area contributed by atoms with Crippen molar-refractivity contribution in [3.8, 4) is 11.1 Å². The molecule has 4 heterocycles. The first kappa shape index (κ1) is 26.0. The molecule has 0 bridgehead atoms. The second-order valence-electron chi connectivity index (χ2n) is 7.52. The van der Waals surface area contributed by atoms with E-state index in [0.717, 1.165) is 23.0 Å². The minimum atomic E-state index is -0.724. The Hall–Kier alpha value is -4.60. The van der Waals surface area contributed by atoms with Crippen molar-refractivity contribution in [2.24, 2.45) is 4.99 Å². The van der Waals surface area contributed by atoms with Crippen molar-refractivity contribution < 1.29 is 22.8 Å². The standard InChI is InChI=1S/C24H18F3N5.2CH2O/c1-14-17(8-18(25)11-29-14)10-30-20-4-3-19(26)22(23(20)27)16-2-5-21-24(15-6-7-28-9-15)31-13-32(21)12-16;2*1-2/h2-8,11-13,30H,9-10H2,1H3;2*1H2. The van der Waals surface area contributed by atoms with Gasteiger partial charge in [-0.15, -0.1) is 0 Å². The van der Waals surface area contributed by atoms with Gasteiger partial charge in [0.25, 0.3) is 0 Å². The largest absolute Gasteiger partial charge is 0.379 e. The number of hydrogen-bond acceptors (Lipinski definition) is 6. The predicted octanol–water partition coefficient (Wildman–Crippen LogP) is 4.83. The first-order valence-corrected chi connectivity index (χ1v) is 10.6. The van der Waals surface area contributed by atoms with Gasteiger partial charge in [-0.25, -0.2) is 18.2 Å². The molecule has 0 unspecified atom stereocenters. The van der Waals surface area contributed by atoms with E-state index in [0.29, 0.717) is 23.4 Å². The zero-order valence-electron chi connectivity index (χ0n) is 19.3. The molecule has 10 heteroatoms. The third-order valence-corrected chi connectivity index (χ3v) is 5.49. The number of aryl methyl sites for hydroxylation is 1. The number of carbonyl (C=O) groups is 2. The first-order valence-electron chi connectivity index (χ1n) is 10.6. The number of carbonyl (C=O) groups excluding carboxylic acids is 2. The van der Waals surface area contributed by atoms with E-state index in [1.165, 1.54) is 18.2 Å². The van der Waals surface area contributed by atoms with Crippen molar-refractivity contribution in [3.63, 3.8) is 0 Å². The number of anilines is 1. The average Bonchev–Trinajstić information content (AvgIpc) is 3.58. The van der Waals surface area contributed by atoms with Gasteiger partial charge in [-0.3, -0.25) is 9.98 Å². The summed E-state index contributed by atoms with van der Waals surface area (Å²) in [6, 6.07) is 7.34. The van der Waals surface area contributed by atoms with Gasteiger partial charge in [0.1, 0.15) is 25.2 Å². The van der Waals surface area contributed by atoms with E-state index >= 15 is 4.39 Å². The maximum Gasteiger partial charge on any atom is 0.157 e. The Morgan fingerprint density at radius 3 is 2.56 bits per heavy atom. The molecular formula is C26H22F3N5O2. The van der Waals surface area contributed by atoms with Crippen molar-refractivity contribution in [1.29, 1.82) is 0 Å². The number of hydrogen-bond donors (Lipinski definition) is 1. The monoisotopic (exact) mass is 493 g/mol. The number of aromatic nitrogens is 3. The van der Waals surface area contributed by atoms with Gasteiger partial charge < -0.3 is 19.3 Å². The fourth-order valence-corrected chi connectivity index (χ4v) is 3.77. The molecule has 36 heavy (non-hydrogen) atoms. The Bertz CT molecular complexity index is 1450. The smallest absolute Gasteiger partial charge is 0.157 e. The van der Waals surface area contributed by atoms with Crippen molar-refractivity contribution in [1.82, 2.24) is 14.4 Å². The molecule has 0 atom stereocenters. The normalized spacial score (nSPS) is 11.8. The van der Waals surface area contributed by atoms with E-state index < -0.39 is 17.5 Å². The third-order valence-electron chi connectivity index (χ3n) is 5.49. The van der Waals surface area contributed by atoms with Crippen LogP contribution in [0.15, 0.2) is 60.1 Å². The Morgan fingerprint density at radius 2 is 1.83 bits per heavy atom. The number of fused-ring (bicyclic) bond motifs is 1. The molecule has 0 fully saturated rings. The molecular weight excluding hydrogens is 471 g/mol. The van der Waals surface area contributed by atoms with E-state index in [2.05, 4.69) is 20.3 Å². The Labute approximate surface area is 205 Å². The molecule has 0 spiro atoms. The zero-order chi connectivity index (χ0) is 26.2. The second kappa shape index (κ2) is 11.7. The van der Waals surface area contributed by atoms with E-state index in [1.54, 1.807) is 42.2 Å². The summed E-state index contributed by atoms with van der Waals surface area (Å²) in [5.74, 6) is -1.87. The van der Waals surface area contributed by atoms with Crippen LogP contribution in [0.4, 0.5) is 18.9 Å². The summed E-state index contributed by atoms with van der Waals surface area (Å²) in [4.78, 5) is 28.6. The van der Waals surface area contributed by atoms with Crippen LogP contribution in [0.3, 0.4) is 0 Å². The number of halogens is 3. The summed E-state index contributed by atoms with van der Waals surface area (Å²) in [6.45, 7) is 6.45. The van der Waals surface area contributed by atoms with E-state index in [4.69, 9.17) is 9.59 Å². The maximum atomic E-state index is 15.3. The number of imidazole rings is 1. The highest BCUT2D eigenvalue weighted by Gasteiger charge is 2.18. The van der Waals surface area contributed by atoms with Gasteiger partial charge in [0.2, 0.25) is 0 Å². The molecule has 0 saturated heterocycles. The molecule has 3 aromatic heterocycles. The average molecular weight is 493 g/mol. The highest BCUT2D eigenvalue weighted by atomic mass is 19.1. The summed E-state index contributed by atoms with van der Waals surface area (Å²) in [5.41, 5.74) is 4.18. The summed E-state index contributed by atoms with van der Waals surface area (Å²) in [6.07, 6.45) is 8.03. The van der Waals surface area contributed by atoms with Crippen LogP contribution in [0.25, 0.3) is 22.2 Å². The maximum absolute atomic E-state index is 15.3. The summed E-state index contributed by atoms with van der Waals surface area (Å²) in [5, 5.41) is 2.92. The van der Waals surface area contributed by atoms with Crippen LogP contribution < -0.4 is 5.32 Å². The second-order valence-corrected chi connectivity index (χ2v) is 7.52. The summed E-state index contributed by atoms with van der Waals surface area (Å²) in [7, 11) is 0. The van der Waals surface area contributed by atoms with Crippen molar-refractivity contribution in [2.75, 3.05) is 11.9 Å². The van der Waals surface area contributed by atoms with Crippen LogP contribution in [0.1, 0.15) is 17.0 Å². The van der Waals surface area contributed by atoms with E-state index in [1.807, 2.05) is 19.7 Å². The van der Waals surface area contributed by atoms with Gasteiger partial charge in [0.05, 0.1) is 41.5 Å². The van der Waals surface area contributed by atoms with Crippen LogP contribution in [0.5, 0.6) is 0 Å². The number of nitrogens with one attached hydrogen (secondary N) is 1. The van der Waals surface area contributed by atoms with Gasteiger partial charge in [-0.2, -0.15) is 0 Å². The lowest BCUT2D eigenvalue weighted by Crippen LogP contribution is -2.06. The number of benzene rings is 1. The molecule has 1 aliphatic heterocycles. The Kier molecular flexibility index (Phi) is 8.45. The third kappa shape index (κ3) is 5.22. The van der Waals surface area contributed by atoms with E-state index in [9.17, 15) is 8.78 Å². The summed E-state index contributed by atoms with van der Waals surface area (Å²) < 4.78 is 45.2. The molecule has 0 aliphatic carbocycles. The van der Waals surface area contributed by atoms with Crippen LogP contribution in [-0.2, 0) is 16.1 Å².